The second kappa shape index (κ2) is 8.64. The molecule has 2 heterocycles. The van der Waals surface area contributed by atoms with E-state index in [0.717, 1.165) is 32.7 Å². The molecule has 0 spiro atoms. The molecular weight excluding hydrogens is 336 g/mol. The predicted molar refractivity (Wildman–Crippen MR) is 102 cm³/mol. The maximum atomic E-state index is 5.92. The number of rotatable bonds is 7. The highest BCUT2D eigenvalue weighted by Gasteiger charge is 2.10. The number of hydrogen-bond donors (Lipinski definition) is 2. The van der Waals surface area contributed by atoms with Crippen molar-refractivity contribution in [3.8, 4) is 10.8 Å². The molecule has 132 valence electrons. The summed E-state index contributed by atoms with van der Waals surface area (Å²) in [5.74, 6) is 2.34. The monoisotopic (exact) mass is 358 g/mol. The van der Waals surface area contributed by atoms with E-state index in [4.69, 9.17) is 9.15 Å². The van der Waals surface area contributed by atoms with E-state index in [1.807, 2.05) is 37.3 Å². The fraction of sp³-hybridized carbons (Fsp3) is 0.333. The van der Waals surface area contributed by atoms with Gasteiger partial charge < -0.3 is 19.8 Å². The van der Waals surface area contributed by atoms with Crippen LogP contribution in [0.3, 0.4) is 0 Å². The molecule has 0 radical (unpaired) electrons. The summed E-state index contributed by atoms with van der Waals surface area (Å²) in [5.41, 5.74) is 0.998. The fourth-order valence-electron chi connectivity index (χ4n) is 2.34. The number of benzene rings is 1. The molecule has 0 atom stereocenters. The molecule has 0 aliphatic carbocycles. The number of nitrogens with one attached hydrogen (secondary N) is 2. The van der Waals surface area contributed by atoms with Crippen molar-refractivity contribution in [1.29, 1.82) is 0 Å². The molecule has 2 aromatic heterocycles. The predicted octanol–water partition coefficient (Wildman–Crippen LogP) is 3.26. The van der Waals surface area contributed by atoms with E-state index < -0.39 is 0 Å². The third kappa shape index (κ3) is 4.58. The second-order valence-corrected chi connectivity index (χ2v) is 6.33. The number of furan rings is 1. The van der Waals surface area contributed by atoms with Crippen molar-refractivity contribution in [1.82, 2.24) is 15.6 Å². The smallest absolute Gasteiger partial charge is 0.191 e. The number of aromatic nitrogens is 1. The minimum absolute atomic E-state index is 0.555. The van der Waals surface area contributed by atoms with Gasteiger partial charge in [0.1, 0.15) is 5.76 Å². The molecule has 0 saturated heterocycles. The summed E-state index contributed by atoms with van der Waals surface area (Å²) in [6.07, 6.45) is 0. The molecule has 7 heteroatoms. The molecule has 25 heavy (non-hydrogen) atoms. The Morgan fingerprint density at radius 1 is 1.24 bits per heavy atom. The minimum Gasteiger partial charge on any atom is -0.457 e. The maximum absolute atomic E-state index is 5.92. The zero-order chi connectivity index (χ0) is 17.5. The molecule has 3 rings (SSSR count). The molecule has 2 N–H and O–H groups in total. The van der Waals surface area contributed by atoms with E-state index in [1.165, 1.54) is 0 Å². The van der Waals surface area contributed by atoms with Crippen molar-refractivity contribution >= 4 is 27.5 Å². The van der Waals surface area contributed by atoms with Crippen LogP contribution in [-0.2, 0) is 11.3 Å². The molecule has 0 fully saturated rings. The van der Waals surface area contributed by atoms with E-state index in [-0.39, 0.29) is 0 Å². The van der Waals surface area contributed by atoms with Crippen LogP contribution in [0.5, 0.6) is 0 Å². The van der Waals surface area contributed by atoms with Gasteiger partial charge in [-0.1, -0.05) is 12.1 Å². The van der Waals surface area contributed by atoms with E-state index >= 15 is 0 Å². The zero-order valence-corrected chi connectivity index (χ0v) is 15.2. The minimum atomic E-state index is 0.555. The average molecular weight is 358 g/mol. The first-order valence-electron chi connectivity index (χ1n) is 8.27. The third-order valence-corrected chi connectivity index (χ3v) is 4.61. The van der Waals surface area contributed by atoms with Gasteiger partial charge in [-0.05, 0) is 31.2 Å². The van der Waals surface area contributed by atoms with Gasteiger partial charge in [0.2, 0.25) is 0 Å². The van der Waals surface area contributed by atoms with Gasteiger partial charge in [-0.3, -0.25) is 4.99 Å². The van der Waals surface area contributed by atoms with E-state index in [1.54, 1.807) is 18.4 Å². The molecule has 0 aliphatic heterocycles. The number of aliphatic imine (C=N–C) groups is 1. The summed E-state index contributed by atoms with van der Waals surface area (Å²) >= 11 is 1.63. The van der Waals surface area contributed by atoms with E-state index in [0.29, 0.717) is 26.3 Å². The molecule has 0 saturated carbocycles. The molecule has 0 unspecified atom stereocenters. The molecule has 0 aliphatic rings. The number of guanidine groups is 1. The first-order valence-corrected chi connectivity index (χ1v) is 9.08. The lowest BCUT2D eigenvalue weighted by Crippen LogP contribution is -2.38. The third-order valence-electron chi connectivity index (χ3n) is 3.56. The lowest BCUT2D eigenvalue weighted by atomic mass is 10.3. The standard InChI is InChI=1S/C18H22N4O2S/c1-3-23-11-10-20-18(19-2)21-12-13-8-9-15(24-13)17-22-14-6-4-5-7-16(14)25-17/h4-9H,3,10-12H2,1-2H3,(H2,19,20,21). The van der Waals surface area contributed by atoms with Gasteiger partial charge in [-0.15, -0.1) is 11.3 Å². The average Bonchev–Trinajstić information content (AvgIpc) is 3.27. The number of ether oxygens (including phenoxy) is 1. The van der Waals surface area contributed by atoms with Crippen LogP contribution >= 0.6 is 11.3 Å². The van der Waals surface area contributed by atoms with E-state index in [9.17, 15) is 0 Å². The highest BCUT2D eigenvalue weighted by atomic mass is 32.1. The highest BCUT2D eigenvalue weighted by molar-refractivity contribution is 7.21. The van der Waals surface area contributed by atoms with Crippen LogP contribution in [0.2, 0.25) is 0 Å². The normalized spacial score (nSPS) is 11.8. The Labute approximate surface area is 150 Å². The Bertz CT molecular complexity index is 807. The number of thiazole rings is 1. The van der Waals surface area contributed by atoms with Crippen LogP contribution < -0.4 is 10.6 Å². The molecule has 0 amide bonds. The maximum Gasteiger partial charge on any atom is 0.191 e. The Hall–Kier alpha value is -2.38. The van der Waals surface area contributed by atoms with Crippen molar-refractivity contribution in [3.05, 3.63) is 42.2 Å². The summed E-state index contributed by atoms with van der Waals surface area (Å²) in [7, 11) is 1.74. The van der Waals surface area contributed by atoms with Gasteiger partial charge in [0.25, 0.3) is 0 Å². The van der Waals surface area contributed by atoms with Crippen LogP contribution in [0.1, 0.15) is 12.7 Å². The molecule has 6 nitrogen and oxygen atoms in total. The summed E-state index contributed by atoms with van der Waals surface area (Å²) in [6, 6.07) is 12.0. The molecule has 0 bridgehead atoms. The van der Waals surface area contributed by atoms with Gasteiger partial charge in [-0.2, -0.15) is 0 Å². The highest BCUT2D eigenvalue weighted by Crippen LogP contribution is 2.30. The van der Waals surface area contributed by atoms with E-state index in [2.05, 4.69) is 26.7 Å². The Kier molecular flexibility index (Phi) is 6.03. The fourth-order valence-corrected chi connectivity index (χ4v) is 3.27. The molecule has 3 aromatic rings. The number of nitrogens with zero attached hydrogens (tertiary/aromatic N) is 2. The number of fused-ring (bicyclic) bond motifs is 1. The van der Waals surface area contributed by atoms with Crippen molar-refractivity contribution < 1.29 is 9.15 Å². The van der Waals surface area contributed by atoms with Crippen molar-refractivity contribution in [2.45, 2.75) is 13.5 Å². The lowest BCUT2D eigenvalue weighted by molar-refractivity contribution is 0.152. The first kappa shape index (κ1) is 17.4. The summed E-state index contributed by atoms with van der Waals surface area (Å²) in [6.45, 7) is 4.61. The van der Waals surface area contributed by atoms with Gasteiger partial charge in [0.05, 0.1) is 23.4 Å². The summed E-state index contributed by atoms with van der Waals surface area (Å²) in [5, 5.41) is 7.31. The Morgan fingerprint density at radius 3 is 2.92 bits per heavy atom. The van der Waals surface area contributed by atoms with Crippen LogP contribution in [0.4, 0.5) is 0 Å². The second-order valence-electron chi connectivity index (χ2n) is 5.30. The first-order chi connectivity index (χ1) is 12.3. The summed E-state index contributed by atoms with van der Waals surface area (Å²) in [4.78, 5) is 8.80. The van der Waals surface area contributed by atoms with Gasteiger partial charge in [0, 0.05) is 20.2 Å². The van der Waals surface area contributed by atoms with Gasteiger partial charge in [0.15, 0.2) is 16.7 Å². The van der Waals surface area contributed by atoms with Gasteiger partial charge in [-0.25, -0.2) is 4.98 Å². The zero-order valence-electron chi connectivity index (χ0n) is 14.4. The van der Waals surface area contributed by atoms with Crippen LogP contribution in [0, 0.1) is 0 Å². The van der Waals surface area contributed by atoms with Crippen LogP contribution in [0.15, 0.2) is 45.8 Å². The van der Waals surface area contributed by atoms with Crippen molar-refractivity contribution in [3.63, 3.8) is 0 Å². The van der Waals surface area contributed by atoms with Crippen LogP contribution in [-0.4, -0.2) is 37.7 Å². The molecular formula is C18H22N4O2S. The quantitative estimate of drug-likeness (QED) is 0.385. The lowest BCUT2D eigenvalue weighted by Gasteiger charge is -2.10. The largest absolute Gasteiger partial charge is 0.457 e. The Morgan fingerprint density at radius 2 is 2.12 bits per heavy atom. The van der Waals surface area contributed by atoms with Crippen molar-refractivity contribution in [2.75, 3.05) is 26.8 Å². The SMILES string of the molecule is CCOCCNC(=NC)NCc1ccc(-c2nc3ccccc3s2)o1. The number of hydrogen-bond acceptors (Lipinski definition) is 5. The molecule has 1 aromatic carbocycles. The summed E-state index contributed by atoms with van der Waals surface area (Å²) < 4.78 is 12.4. The van der Waals surface area contributed by atoms with Crippen molar-refractivity contribution in [2.24, 2.45) is 4.99 Å². The van der Waals surface area contributed by atoms with Crippen LogP contribution in [0.25, 0.3) is 21.0 Å². The Balaban J connectivity index is 1.58. The van der Waals surface area contributed by atoms with Gasteiger partial charge >= 0.3 is 0 Å². The number of para-hydroxylation sites is 1. The topological polar surface area (TPSA) is 71.7 Å².